The van der Waals surface area contributed by atoms with E-state index in [1.807, 2.05) is 54.6 Å². The van der Waals surface area contributed by atoms with Crippen LogP contribution in [-0.4, -0.2) is 5.97 Å². The largest absolute Gasteiger partial charge is 0.459 e. The van der Waals surface area contributed by atoms with E-state index >= 15 is 0 Å². The summed E-state index contributed by atoms with van der Waals surface area (Å²) in [5.74, 6) is -0.429. The minimum Gasteiger partial charge on any atom is -0.459 e. The average molecular weight is 320 g/mol. The number of ether oxygens (including phenoxy) is 1. The predicted molar refractivity (Wildman–Crippen MR) is 77.3 cm³/mol. The number of carbonyl (C=O) groups is 1. The fourth-order valence-electron chi connectivity index (χ4n) is 1.65. The van der Waals surface area contributed by atoms with Gasteiger partial charge in [0, 0.05) is 10.0 Å². The van der Waals surface area contributed by atoms with E-state index in [0.717, 1.165) is 15.6 Å². The van der Waals surface area contributed by atoms with Gasteiger partial charge in [0.05, 0.1) is 0 Å². The Morgan fingerprint density at radius 1 is 1.11 bits per heavy atom. The zero-order valence-corrected chi connectivity index (χ0v) is 11.8. The van der Waals surface area contributed by atoms with Crippen molar-refractivity contribution in [1.82, 2.24) is 0 Å². The van der Waals surface area contributed by atoms with Gasteiger partial charge in [-0.1, -0.05) is 64.5 Å². The number of esters is 1. The molecule has 98 valence electrons. The van der Waals surface area contributed by atoms with Crippen molar-refractivity contribution >= 4 is 21.9 Å². The highest BCUT2D eigenvalue weighted by Gasteiger charge is 2.17. The second-order valence-electron chi connectivity index (χ2n) is 4.09. The fraction of sp³-hybridized carbons (Fsp3) is 0.133. The summed E-state index contributed by atoms with van der Waals surface area (Å²) in [6, 6.07) is 16.0. The van der Waals surface area contributed by atoms with Crippen LogP contribution >= 0.6 is 15.9 Å². The summed E-state index contributed by atoms with van der Waals surface area (Å²) in [7, 11) is 0. The van der Waals surface area contributed by atoms with Crippen LogP contribution in [0.5, 0.6) is 0 Å². The minimum atomic E-state index is -0.747. The molecule has 0 aliphatic heterocycles. The van der Waals surface area contributed by atoms with Gasteiger partial charge in [0.25, 0.3) is 0 Å². The van der Waals surface area contributed by atoms with Crippen molar-refractivity contribution in [1.29, 1.82) is 0 Å². The number of nitrogens with two attached hydrogens (primary N) is 1. The molecule has 0 radical (unpaired) electrons. The molecule has 0 bridgehead atoms. The molecule has 3 nitrogen and oxygen atoms in total. The van der Waals surface area contributed by atoms with Crippen LogP contribution in [0.1, 0.15) is 17.2 Å². The summed E-state index contributed by atoms with van der Waals surface area (Å²) in [6.45, 7) is 0.209. The molecule has 0 heterocycles. The van der Waals surface area contributed by atoms with Crippen LogP contribution in [0.4, 0.5) is 0 Å². The lowest BCUT2D eigenvalue weighted by molar-refractivity contribution is -0.146. The number of hydrogen-bond donors (Lipinski definition) is 1. The van der Waals surface area contributed by atoms with Crippen LogP contribution in [0, 0.1) is 0 Å². The Bertz CT molecular complexity index is 557. The third-order valence-corrected chi connectivity index (χ3v) is 3.51. The predicted octanol–water partition coefficient (Wildman–Crippen LogP) is 3.19. The molecule has 0 amide bonds. The van der Waals surface area contributed by atoms with E-state index in [2.05, 4.69) is 15.9 Å². The van der Waals surface area contributed by atoms with Crippen molar-refractivity contribution in [3.8, 4) is 0 Å². The van der Waals surface area contributed by atoms with Crippen molar-refractivity contribution in [2.45, 2.75) is 12.6 Å². The maximum Gasteiger partial charge on any atom is 0.327 e. The maximum absolute atomic E-state index is 11.9. The molecule has 0 aliphatic rings. The molecule has 2 N–H and O–H groups in total. The molecule has 19 heavy (non-hydrogen) atoms. The third-order valence-electron chi connectivity index (χ3n) is 2.74. The van der Waals surface area contributed by atoms with Gasteiger partial charge >= 0.3 is 5.97 Å². The number of benzene rings is 2. The maximum atomic E-state index is 11.9. The third kappa shape index (κ3) is 3.66. The van der Waals surface area contributed by atoms with E-state index in [4.69, 9.17) is 10.5 Å². The van der Waals surface area contributed by atoms with Gasteiger partial charge in [-0.2, -0.15) is 0 Å². The van der Waals surface area contributed by atoms with E-state index in [1.165, 1.54) is 0 Å². The van der Waals surface area contributed by atoms with E-state index in [1.54, 1.807) is 0 Å². The first-order valence-electron chi connectivity index (χ1n) is 5.89. The van der Waals surface area contributed by atoms with Crippen LogP contribution in [0.25, 0.3) is 0 Å². The van der Waals surface area contributed by atoms with Crippen molar-refractivity contribution in [2.24, 2.45) is 5.73 Å². The van der Waals surface area contributed by atoms with Gasteiger partial charge in [0.15, 0.2) is 0 Å². The Balaban J connectivity index is 1.97. The number of rotatable bonds is 4. The number of carbonyl (C=O) groups excluding carboxylic acids is 1. The Morgan fingerprint density at radius 2 is 1.74 bits per heavy atom. The molecular weight excluding hydrogens is 306 g/mol. The van der Waals surface area contributed by atoms with Crippen molar-refractivity contribution in [3.05, 3.63) is 70.2 Å². The Kier molecular flexibility index (Phi) is 4.71. The minimum absolute atomic E-state index is 0.209. The highest BCUT2D eigenvalue weighted by Crippen LogP contribution is 2.18. The molecule has 2 aromatic carbocycles. The van der Waals surface area contributed by atoms with E-state index in [-0.39, 0.29) is 6.61 Å². The van der Waals surface area contributed by atoms with Gasteiger partial charge in [-0.05, 0) is 11.6 Å². The Hall–Kier alpha value is -1.65. The van der Waals surface area contributed by atoms with E-state index in [9.17, 15) is 4.79 Å². The fourth-order valence-corrected chi connectivity index (χ4v) is 2.05. The molecule has 0 aromatic heterocycles. The highest BCUT2D eigenvalue weighted by molar-refractivity contribution is 9.10. The van der Waals surface area contributed by atoms with Gasteiger partial charge in [-0.15, -0.1) is 0 Å². The van der Waals surface area contributed by atoms with Crippen molar-refractivity contribution in [2.75, 3.05) is 0 Å². The molecule has 2 rings (SSSR count). The smallest absolute Gasteiger partial charge is 0.327 e. The van der Waals surface area contributed by atoms with Crippen LogP contribution in [0.15, 0.2) is 59.1 Å². The number of halogens is 1. The summed E-state index contributed by atoms with van der Waals surface area (Å²) >= 11 is 3.41. The summed E-state index contributed by atoms with van der Waals surface area (Å²) in [4.78, 5) is 11.9. The molecule has 0 saturated heterocycles. The second-order valence-corrected chi connectivity index (χ2v) is 4.94. The lowest BCUT2D eigenvalue weighted by Crippen LogP contribution is -2.23. The van der Waals surface area contributed by atoms with E-state index < -0.39 is 12.0 Å². The molecule has 1 atom stereocenters. The zero-order valence-electron chi connectivity index (χ0n) is 10.3. The van der Waals surface area contributed by atoms with E-state index in [0.29, 0.717) is 0 Å². The normalized spacial score (nSPS) is 11.9. The molecule has 0 aliphatic carbocycles. The molecule has 4 heteroatoms. The lowest BCUT2D eigenvalue weighted by atomic mass is 10.1. The lowest BCUT2D eigenvalue weighted by Gasteiger charge is -2.12. The van der Waals surface area contributed by atoms with Crippen LogP contribution in [-0.2, 0) is 16.1 Å². The first-order chi connectivity index (χ1) is 9.18. The van der Waals surface area contributed by atoms with Crippen molar-refractivity contribution < 1.29 is 9.53 Å². The Morgan fingerprint density at radius 3 is 2.42 bits per heavy atom. The monoisotopic (exact) mass is 319 g/mol. The molecule has 0 unspecified atom stereocenters. The molecule has 0 saturated carbocycles. The van der Waals surface area contributed by atoms with Gasteiger partial charge in [0.2, 0.25) is 0 Å². The summed E-state index contributed by atoms with van der Waals surface area (Å²) < 4.78 is 6.14. The molecule has 2 aromatic rings. The summed E-state index contributed by atoms with van der Waals surface area (Å²) in [5, 5.41) is 0. The molecular formula is C15H14BrNO2. The van der Waals surface area contributed by atoms with Gasteiger partial charge in [0.1, 0.15) is 12.6 Å². The summed E-state index contributed by atoms with van der Waals surface area (Å²) in [6.07, 6.45) is 0. The van der Waals surface area contributed by atoms with Crippen LogP contribution in [0.3, 0.4) is 0 Å². The topological polar surface area (TPSA) is 52.3 Å². The molecule has 0 fully saturated rings. The first kappa shape index (κ1) is 13.8. The average Bonchev–Trinajstić information content (AvgIpc) is 2.46. The van der Waals surface area contributed by atoms with Crippen LogP contribution < -0.4 is 5.73 Å². The standard InChI is InChI=1S/C15H14BrNO2/c16-13-9-5-4-8-12(13)10-19-15(18)14(17)11-6-2-1-3-7-11/h1-9,14H,10,17H2/t14-/m0/s1. The van der Waals surface area contributed by atoms with Gasteiger partial charge in [-0.25, -0.2) is 4.79 Å². The van der Waals surface area contributed by atoms with Gasteiger partial charge < -0.3 is 10.5 Å². The van der Waals surface area contributed by atoms with Gasteiger partial charge in [-0.3, -0.25) is 0 Å². The molecule has 0 spiro atoms. The van der Waals surface area contributed by atoms with Crippen LogP contribution in [0.2, 0.25) is 0 Å². The highest BCUT2D eigenvalue weighted by atomic mass is 79.9. The number of hydrogen-bond acceptors (Lipinski definition) is 3. The van der Waals surface area contributed by atoms with Crippen molar-refractivity contribution in [3.63, 3.8) is 0 Å². The second kappa shape index (κ2) is 6.50. The summed E-state index contributed by atoms with van der Waals surface area (Å²) in [5.41, 5.74) is 7.52. The SMILES string of the molecule is N[C@H](C(=O)OCc1ccccc1Br)c1ccccc1. The first-order valence-corrected chi connectivity index (χ1v) is 6.68. The zero-order chi connectivity index (χ0) is 13.7. The quantitative estimate of drug-likeness (QED) is 0.880. The Labute approximate surface area is 120 Å².